The number of carbonyl (C=O) groups excluding carboxylic acids is 1. The monoisotopic (exact) mass is 347 g/mol. The molecule has 138 valence electrons. The van der Waals surface area contributed by atoms with Gasteiger partial charge < -0.3 is 15.2 Å². The molecule has 1 atom stereocenters. The highest BCUT2D eigenvalue weighted by Gasteiger charge is 2.40. The number of hydrogen-bond acceptors (Lipinski definition) is 5. The minimum Gasteiger partial charge on any atom is -0.393 e. The summed E-state index contributed by atoms with van der Waals surface area (Å²) in [5, 5.41) is 13.0. The summed E-state index contributed by atoms with van der Waals surface area (Å²) in [7, 11) is 0. The third-order valence-corrected chi connectivity index (χ3v) is 5.60. The lowest BCUT2D eigenvalue weighted by Gasteiger charge is -2.43. The average Bonchev–Trinajstić information content (AvgIpc) is 2.60. The number of nitrogens with one attached hydrogen (secondary N) is 1. The van der Waals surface area contributed by atoms with Crippen molar-refractivity contribution in [2.75, 3.05) is 26.3 Å². The molecule has 2 aliphatic rings. The first-order valence-electron chi connectivity index (χ1n) is 9.17. The molecule has 3 rings (SSSR count). The van der Waals surface area contributed by atoms with E-state index in [-0.39, 0.29) is 18.1 Å². The second kappa shape index (κ2) is 7.81. The summed E-state index contributed by atoms with van der Waals surface area (Å²) in [6.07, 6.45) is 5.62. The predicted octanol–water partition coefficient (Wildman–Crippen LogP) is 0.991. The van der Waals surface area contributed by atoms with Crippen LogP contribution in [0.1, 0.15) is 32.3 Å². The molecule has 0 spiro atoms. The van der Waals surface area contributed by atoms with Crippen molar-refractivity contribution < 1.29 is 14.6 Å². The van der Waals surface area contributed by atoms with Gasteiger partial charge in [-0.3, -0.25) is 14.7 Å². The van der Waals surface area contributed by atoms with Crippen LogP contribution in [0, 0.1) is 5.92 Å². The van der Waals surface area contributed by atoms with E-state index in [1.165, 1.54) is 0 Å². The Balaban J connectivity index is 1.67. The van der Waals surface area contributed by atoms with E-state index in [2.05, 4.69) is 15.2 Å². The van der Waals surface area contributed by atoms with E-state index < -0.39 is 5.54 Å². The van der Waals surface area contributed by atoms with Gasteiger partial charge in [0, 0.05) is 31.5 Å². The van der Waals surface area contributed by atoms with Crippen LogP contribution in [0.2, 0.25) is 0 Å². The van der Waals surface area contributed by atoms with Crippen molar-refractivity contribution in [3.8, 4) is 0 Å². The van der Waals surface area contributed by atoms with Crippen LogP contribution in [-0.4, -0.2) is 64.9 Å². The maximum Gasteiger partial charge on any atom is 0.240 e. The highest BCUT2D eigenvalue weighted by Crippen LogP contribution is 2.32. The van der Waals surface area contributed by atoms with Crippen LogP contribution in [0.15, 0.2) is 24.5 Å². The summed E-state index contributed by atoms with van der Waals surface area (Å²) < 4.78 is 5.40. The van der Waals surface area contributed by atoms with Crippen LogP contribution in [0.4, 0.5) is 0 Å². The Morgan fingerprint density at radius 3 is 2.60 bits per heavy atom. The van der Waals surface area contributed by atoms with Crippen LogP contribution < -0.4 is 5.32 Å². The van der Waals surface area contributed by atoms with E-state index >= 15 is 0 Å². The summed E-state index contributed by atoms with van der Waals surface area (Å²) in [5.74, 6) is 0.377. The Morgan fingerprint density at radius 2 is 2.00 bits per heavy atom. The first-order chi connectivity index (χ1) is 12.0. The van der Waals surface area contributed by atoms with Crippen molar-refractivity contribution in [2.24, 2.45) is 5.92 Å². The maximum absolute atomic E-state index is 13.0. The first kappa shape index (κ1) is 18.3. The fraction of sp³-hybridized carbons (Fsp3) is 0.684. The number of rotatable bonds is 6. The van der Waals surface area contributed by atoms with Gasteiger partial charge in [-0.05, 0) is 56.7 Å². The molecule has 1 saturated heterocycles. The Morgan fingerprint density at radius 1 is 1.36 bits per heavy atom. The standard InChI is InChI=1S/C19H29N3O3/c1-19(2,22-7-9-25-10-8-22)18(24)21-17(15-12-16(23)13-15)11-14-3-5-20-6-4-14/h3-6,15-17,23H,7-13H2,1-2H3,(H,21,24)/t15?,16?,17-/m0/s1. The summed E-state index contributed by atoms with van der Waals surface area (Å²) in [6.45, 7) is 6.85. The zero-order valence-electron chi connectivity index (χ0n) is 15.1. The van der Waals surface area contributed by atoms with Gasteiger partial charge in [0.1, 0.15) is 0 Å². The maximum atomic E-state index is 13.0. The van der Waals surface area contributed by atoms with Gasteiger partial charge in [-0.25, -0.2) is 0 Å². The molecule has 1 aliphatic heterocycles. The van der Waals surface area contributed by atoms with E-state index in [1.807, 2.05) is 26.0 Å². The average molecular weight is 347 g/mol. The van der Waals surface area contributed by atoms with Crippen LogP contribution in [0.5, 0.6) is 0 Å². The normalized spacial score (nSPS) is 25.9. The molecule has 25 heavy (non-hydrogen) atoms. The summed E-state index contributed by atoms with van der Waals surface area (Å²) in [6, 6.07) is 4.02. The fourth-order valence-electron chi connectivity index (χ4n) is 3.68. The number of aliphatic hydroxyl groups is 1. The Labute approximate surface area is 149 Å². The molecular formula is C19H29N3O3. The van der Waals surface area contributed by atoms with Crippen LogP contribution in [0.25, 0.3) is 0 Å². The lowest BCUT2D eigenvalue weighted by atomic mass is 9.75. The largest absolute Gasteiger partial charge is 0.393 e. The van der Waals surface area contributed by atoms with Crippen molar-refractivity contribution >= 4 is 5.91 Å². The number of nitrogens with zero attached hydrogens (tertiary/aromatic N) is 2. The smallest absolute Gasteiger partial charge is 0.240 e. The van der Waals surface area contributed by atoms with Crippen LogP contribution in [-0.2, 0) is 16.0 Å². The Kier molecular flexibility index (Phi) is 5.71. The van der Waals surface area contributed by atoms with E-state index in [4.69, 9.17) is 4.74 Å². The van der Waals surface area contributed by atoms with Gasteiger partial charge in [-0.2, -0.15) is 0 Å². The third-order valence-electron chi connectivity index (χ3n) is 5.60. The molecule has 6 heteroatoms. The Bertz CT molecular complexity index is 567. The zero-order valence-corrected chi connectivity index (χ0v) is 15.1. The molecule has 1 saturated carbocycles. The van der Waals surface area contributed by atoms with E-state index in [1.54, 1.807) is 12.4 Å². The molecule has 0 bridgehead atoms. The molecule has 0 aromatic carbocycles. The Hall–Kier alpha value is -1.50. The van der Waals surface area contributed by atoms with Crippen molar-refractivity contribution in [2.45, 2.75) is 50.8 Å². The van der Waals surface area contributed by atoms with Crippen molar-refractivity contribution in [1.29, 1.82) is 0 Å². The second-order valence-electron chi connectivity index (χ2n) is 7.68. The van der Waals surface area contributed by atoms with Crippen LogP contribution >= 0.6 is 0 Å². The second-order valence-corrected chi connectivity index (χ2v) is 7.68. The third kappa shape index (κ3) is 4.37. The number of amides is 1. The molecule has 1 amide bonds. The quantitative estimate of drug-likeness (QED) is 0.803. The van der Waals surface area contributed by atoms with Gasteiger partial charge in [-0.1, -0.05) is 0 Å². The van der Waals surface area contributed by atoms with Crippen molar-refractivity contribution in [3.63, 3.8) is 0 Å². The number of pyridine rings is 1. The molecular weight excluding hydrogens is 318 g/mol. The minimum absolute atomic E-state index is 0.0404. The fourth-order valence-corrected chi connectivity index (χ4v) is 3.68. The molecule has 0 radical (unpaired) electrons. The first-order valence-corrected chi connectivity index (χ1v) is 9.17. The minimum atomic E-state index is -0.567. The van der Waals surface area contributed by atoms with Gasteiger partial charge in [0.2, 0.25) is 5.91 Å². The lowest BCUT2D eigenvalue weighted by Crippen LogP contribution is -2.61. The van der Waals surface area contributed by atoms with Gasteiger partial charge in [0.25, 0.3) is 0 Å². The topological polar surface area (TPSA) is 74.7 Å². The lowest BCUT2D eigenvalue weighted by molar-refractivity contribution is -0.136. The molecule has 2 heterocycles. The molecule has 2 N–H and O–H groups in total. The number of aromatic nitrogens is 1. The van der Waals surface area contributed by atoms with E-state index in [0.717, 1.165) is 37.9 Å². The van der Waals surface area contributed by atoms with Gasteiger partial charge in [-0.15, -0.1) is 0 Å². The highest BCUT2D eigenvalue weighted by atomic mass is 16.5. The van der Waals surface area contributed by atoms with Crippen LogP contribution in [0.3, 0.4) is 0 Å². The number of aliphatic hydroxyl groups excluding tert-OH is 1. The summed E-state index contributed by atoms with van der Waals surface area (Å²) in [4.78, 5) is 19.3. The number of morpholine rings is 1. The molecule has 1 aliphatic carbocycles. The van der Waals surface area contributed by atoms with E-state index in [0.29, 0.717) is 19.1 Å². The van der Waals surface area contributed by atoms with E-state index in [9.17, 15) is 9.90 Å². The summed E-state index contributed by atoms with van der Waals surface area (Å²) in [5.41, 5.74) is 0.591. The van der Waals surface area contributed by atoms with Crippen molar-refractivity contribution in [3.05, 3.63) is 30.1 Å². The number of ether oxygens (including phenoxy) is 1. The SMILES string of the molecule is CC(C)(C(=O)N[C@@H](Cc1ccncc1)C1CC(O)C1)N1CCOCC1. The van der Waals surface area contributed by atoms with Gasteiger partial charge in [0.15, 0.2) is 0 Å². The zero-order chi connectivity index (χ0) is 17.9. The molecule has 1 aromatic heterocycles. The number of carbonyl (C=O) groups is 1. The molecule has 0 unspecified atom stereocenters. The van der Waals surface area contributed by atoms with Crippen molar-refractivity contribution in [1.82, 2.24) is 15.2 Å². The molecule has 1 aromatic rings. The van der Waals surface area contributed by atoms with Gasteiger partial charge in [0.05, 0.1) is 24.9 Å². The highest BCUT2D eigenvalue weighted by molar-refractivity contribution is 5.85. The molecule has 6 nitrogen and oxygen atoms in total. The summed E-state index contributed by atoms with van der Waals surface area (Å²) >= 11 is 0. The number of hydrogen-bond donors (Lipinski definition) is 2. The van der Waals surface area contributed by atoms with Gasteiger partial charge >= 0.3 is 0 Å². The molecule has 2 fully saturated rings. The predicted molar refractivity (Wildman–Crippen MR) is 95.1 cm³/mol.